The lowest BCUT2D eigenvalue weighted by molar-refractivity contribution is 0.719. The second kappa shape index (κ2) is 3.51. The lowest BCUT2D eigenvalue weighted by Gasteiger charge is -2.03. The molecule has 0 aliphatic heterocycles. The first-order valence-corrected chi connectivity index (χ1v) is 5.16. The molecule has 0 aromatic carbocycles. The summed E-state index contributed by atoms with van der Waals surface area (Å²) in [6, 6.07) is 1.78. The van der Waals surface area contributed by atoms with E-state index in [1.807, 2.05) is 32.4 Å². The third-order valence-corrected chi connectivity index (χ3v) is 2.99. The second-order valence-corrected chi connectivity index (χ2v) is 4.44. The second-order valence-electron chi connectivity index (χ2n) is 3.17. The van der Waals surface area contributed by atoms with Gasteiger partial charge in [-0.25, -0.2) is 4.98 Å². The average molecular weight is 208 g/mol. The Hall–Kier alpha value is -1.20. The number of nitrogens with two attached hydrogens (primary N) is 1. The molecule has 0 amide bonds. The summed E-state index contributed by atoms with van der Waals surface area (Å²) in [7, 11) is 1.88. The Labute approximate surface area is 86.4 Å². The molecular weight excluding hydrogens is 196 g/mol. The van der Waals surface area contributed by atoms with Crippen LogP contribution in [0, 0.1) is 6.92 Å². The molecule has 0 aliphatic carbocycles. The van der Waals surface area contributed by atoms with Gasteiger partial charge in [-0.05, 0) is 13.0 Å². The van der Waals surface area contributed by atoms with Crippen molar-refractivity contribution in [1.29, 1.82) is 0 Å². The van der Waals surface area contributed by atoms with Gasteiger partial charge in [0.25, 0.3) is 0 Å². The molecule has 74 valence electrons. The molecule has 0 bridgehead atoms. The predicted molar refractivity (Wildman–Crippen MR) is 56.1 cm³/mol. The van der Waals surface area contributed by atoms with Gasteiger partial charge in [0.05, 0.1) is 16.7 Å². The van der Waals surface area contributed by atoms with Crippen LogP contribution >= 0.6 is 11.3 Å². The lowest BCUT2D eigenvalue weighted by Crippen LogP contribution is -2.11. The van der Waals surface area contributed by atoms with E-state index in [1.165, 1.54) is 0 Å². The highest BCUT2D eigenvalue weighted by molar-refractivity contribution is 7.11. The molecule has 2 N–H and O–H groups in total. The quantitative estimate of drug-likeness (QED) is 0.807. The van der Waals surface area contributed by atoms with Crippen LogP contribution < -0.4 is 5.73 Å². The first-order chi connectivity index (χ1) is 6.66. The normalized spacial score (nSPS) is 13.1. The van der Waals surface area contributed by atoms with Gasteiger partial charge in [-0.15, -0.1) is 11.3 Å². The fourth-order valence-corrected chi connectivity index (χ4v) is 2.07. The van der Waals surface area contributed by atoms with Crippen molar-refractivity contribution >= 4 is 11.3 Å². The van der Waals surface area contributed by atoms with Gasteiger partial charge < -0.3 is 5.73 Å². The van der Waals surface area contributed by atoms with E-state index in [2.05, 4.69) is 10.1 Å². The minimum atomic E-state index is -0.151. The number of nitrogens with zero attached hydrogens (tertiary/aromatic N) is 3. The predicted octanol–water partition coefficient (Wildman–Crippen LogP) is 1.23. The molecule has 0 fully saturated rings. The zero-order valence-electron chi connectivity index (χ0n) is 8.14. The smallest absolute Gasteiger partial charge is 0.0897 e. The fourth-order valence-electron chi connectivity index (χ4n) is 1.27. The van der Waals surface area contributed by atoms with Crippen molar-refractivity contribution in [2.24, 2.45) is 12.8 Å². The van der Waals surface area contributed by atoms with Crippen molar-refractivity contribution in [2.45, 2.75) is 13.0 Å². The fraction of sp³-hybridized carbons (Fsp3) is 0.333. The highest BCUT2D eigenvalue weighted by Crippen LogP contribution is 2.22. The van der Waals surface area contributed by atoms with Gasteiger partial charge in [0.1, 0.15) is 0 Å². The molecule has 5 heteroatoms. The number of aromatic nitrogens is 3. The van der Waals surface area contributed by atoms with Crippen molar-refractivity contribution in [3.05, 3.63) is 34.0 Å². The van der Waals surface area contributed by atoms with Gasteiger partial charge in [-0.1, -0.05) is 0 Å². The van der Waals surface area contributed by atoms with E-state index < -0.39 is 0 Å². The van der Waals surface area contributed by atoms with Crippen LogP contribution in [0.4, 0.5) is 0 Å². The molecule has 0 spiro atoms. The van der Waals surface area contributed by atoms with E-state index >= 15 is 0 Å². The monoisotopic (exact) mass is 208 g/mol. The first kappa shape index (κ1) is 9.36. The third kappa shape index (κ3) is 1.69. The van der Waals surface area contributed by atoms with Crippen LogP contribution in [0.25, 0.3) is 0 Å². The average Bonchev–Trinajstić information content (AvgIpc) is 2.73. The molecule has 2 aromatic rings. The highest BCUT2D eigenvalue weighted by atomic mass is 32.1. The van der Waals surface area contributed by atoms with E-state index in [1.54, 1.807) is 16.0 Å². The Morgan fingerprint density at radius 1 is 1.57 bits per heavy atom. The van der Waals surface area contributed by atoms with Crippen molar-refractivity contribution in [1.82, 2.24) is 14.8 Å². The zero-order chi connectivity index (χ0) is 10.1. The van der Waals surface area contributed by atoms with Gasteiger partial charge >= 0.3 is 0 Å². The molecule has 0 saturated carbocycles. The number of thiazole rings is 1. The van der Waals surface area contributed by atoms with Crippen molar-refractivity contribution in [3.63, 3.8) is 0 Å². The van der Waals surface area contributed by atoms with Crippen LogP contribution in [0.3, 0.4) is 0 Å². The van der Waals surface area contributed by atoms with Gasteiger partial charge in [-0.3, -0.25) is 4.68 Å². The van der Waals surface area contributed by atoms with Crippen molar-refractivity contribution < 1.29 is 0 Å². The molecule has 0 saturated heterocycles. The topological polar surface area (TPSA) is 56.7 Å². The summed E-state index contributed by atoms with van der Waals surface area (Å²) in [6.07, 6.45) is 3.71. The molecule has 2 aromatic heterocycles. The summed E-state index contributed by atoms with van der Waals surface area (Å²) in [4.78, 5) is 5.23. The third-order valence-electron chi connectivity index (χ3n) is 2.00. The summed E-state index contributed by atoms with van der Waals surface area (Å²) < 4.78 is 1.75. The van der Waals surface area contributed by atoms with E-state index in [9.17, 15) is 0 Å². The molecular formula is C9H12N4S. The molecule has 1 unspecified atom stereocenters. The summed E-state index contributed by atoms with van der Waals surface area (Å²) in [5.41, 5.74) is 6.92. The molecule has 0 radical (unpaired) electrons. The number of aryl methyl sites for hydroxylation is 2. The Morgan fingerprint density at radius 2 is 2.36 bits per heavy atom. The lowest BCUT2D eigenvalue weighted by atomic mass is 10.2. The zero-order valence-corrected chi connectivity index (χ0v) is 8.95. The number of hydrogen-bond acceptors (Lipinski definition) is 4. The van der Waals surface area contributed by atoms with Crippen LogP contribution in [0.2, 0.25) is 0 Å². The molecule has 4 nitrogen and oxygen atoms in total. The SMILES string of the molecule is Cc1ncc(C(N)c2ccn(C)n2)s1. The van der Waals surface area contributed by atoms with E-state index in [-0.39, 0.29) is 6.04 Å². The number of hydrogen-bond donors (Lipinski definition) is 1. The highest BCUT2D eigenvalue weighted by Gasteiger charge is 2.13. The number of rotatable bonds is 2. The van der Waals surface area contributed by atoms with E-state index in [0.29, 0.717) is 0 Å². The van der Waals surface area contributed by atoms with Crippen molar-refractivity contribution in [2.75, 3.05) is 0 Å². The largest absolute Gasteiger partial charge is 0.318 e. The first-order valence-electron chi connectivity index (χ1n) is 4.34. The maximum Gasteiger partial charge on any atom is 0.0897 e. The molecule has 0 aliphatic rings. The molecule has 14 heavy (non-hydrogen) atoms. The Bertz CT molecular complexity index is 391. The van der Waals surface area contributed by atoms with Crippen LogP contribution in [0.15, 0.2) is 18.5 Å². The standard InChI is InChI=1S/C9H12N4S/c1-6-11-5-8(14-6)9(10)7-3-4-13(2)12-7/h3-5,9H,10H2,1-2H3. The Kier molecular flexibility index (Phi) is 2.35. The minimum Gasteiger partial charge on any atom is -0.318 e. The van der Waals surface area contributed by atoms with E-state index in [4.69, 9.17) is 5.73 Å². The van der Waals surface area contributed by atoms with Crippen LogP contribution in [0.5, 0.6) is 0 Å². The summed E-state index contributed by atoms with van der Waals surface area (Å²) >= 11 is 1.61. The Balaban J connectivity index is 2.28. The Morgan fingerprint density at radius 3 is 2.86 bits per heavy atom. The maximum atomic E-state index is 6.04. The summed E-state index contributed by atoms with van der Waals surface area (Å²) in [6.45, 7) is 1.97. The van der Waals surface area contributed by atoms with Crippen molar-refractivity contribution in [3.8, 4) is 0 Å². The van der Waals surface area contributed by atoms with Gasteiger partial charge in [0, 0.05) is 24.3 Å². The molecule has 1 atom stereocenters. The summed E-state index contributed by atoms with van der Waals surface area (Å²) in [5.74, 6) is 0. The van der Waals surface area contributed by atoms with Crippen LogP contribution in [-0.4, -0.2) is 14.8 Å². The van der Waals surface area contributed by atoms with Gasteiger partial charge in [-0.2, -0.15) is 5.10 Å². The van der Waals surface area contributed by atoms with Gasteiger partial charge in [0.15, 0.2) is 0 Å². The van der Waals surface area contributed by atoms with E-state index in [0.717, 1.165) is 15.6 Å². The van der Waals surface area contributed by atoms with Crippen LogP contribution in [0.1, 0.15) is 21.6 Å². The van der Waals surface area contributed by atoms with Gasteiger partial charge in [0.2, 0.25) is 0 Å². The summed E-state index contributed by atoms with van der Waals surface area (Å²) in [5, 5.41) is 5.30. The molecule has 2 rings (SSSR count). The van der Waals surface area contributed by atoms with Crippen LogP contribution in [-0.2, 0) is 7.05 Å². The maximum absolute atomic E-state index is 6.04. The molecule has 2 heterocycles. The minimum absolute atomic E-state index is 0.151.